The Kier molecular flexibility index (Phi) is 5.48. The van der Waals surface area contributed by atoms with Crippen molar-refractivity contribution in [3.8, 4) is 11.3 Å². The van der Waals surface area contributed by atoms with Gasteiger partial charge in [-0.3, -0.25) is 19.6 Å². The second-order valence-electron chi connectivity index (χ2n) is 5.52. The van der Waals surface area contributed by atoms with Crippen LogP contribution < -0.4 is 5.32 Å². The maximum atomic E-state index is 12.5. The van der Waals surface area contributed by atoms with Gasteiger partial charge in [-0.15, -0.1) is 0 Å². The monoisotopic (exact) mass is 346 g/mol. The van der Waals surface area contributed by atoms with Gasteiger partial charge in [-0.2, -0.15) is 5.10 Å². The molecule has 0 spiro atoms. The molecule has 9 heteroatoms. The molecule has 1 aromatic carbocycles. The quantitative estimate of drug-likeness (QED) is 0.583. The molecular weight excluding hydrogens is 328 g/mol. The number of benzene rings is 1. The number of hydrogen-bond acceptors (Lipinski definition) is 5. The Balaban J connectivity index is 2.32. The van der Waals surface area contributed by atoms with Gasteiger partial charge in [0.05, 0.1) is 10.5 Å². The lowest BCUT2D eigenvalue weighted by atomic mass is 10.1. The molecule has 0 fully saturated rings. The van der Waals surface area contributed by atoms with E-state index in [2.05, 4.69) is 10.4 Å². The number of non-ortho nitro benzene ring substituents is 1. The molecule has 0 saturated heterocycles. The molecule has 2 aromatic rings. The number of amides is 1. The fourth-order valence-electron chi connectivity index (χ4n) is 2.39. The summed E-state index contributed by atoms with van der Waals surface area (Å²) < 4.78 is 1.43. The van der Waals surface area contributed by atoms with Crippen molar-refractivity contribution in [3.63, 3.8) is 0 Å². The largest absolute Gasteiger partial charge is 0.480 e. The van der Waals surface area contributed by atoms with Gasteiger partial charge in [-0.1, -0.05) is 13.3 Å². The van der Waals surface area contributed by atoms with E-state index in [0.717, 1.165) is 0 Å². The summed E-state index contributed by atoms with van der Waals surface area (Å²) in [7, 11) is 1.63. The van der Waals surface area contributed by atoms with Gasteiger partial charge < -0.3 is 10.4 Å². The Hall–Kier alpha value is -3.23. The molecule has 1 amide bonds. The van der Waals surface area contributed by atoms with E-state index in [-0.39, 0.29) is 11.3 Å². The highest BCUT2D eigenvalue weighted by Gasteiger charge is 2.23. The van der Waals surface area contributed by atoms with Gasteiger partial charge >= 0.3 is 5.97 Å². The number of carbonyl (C=O) groups is 2. The van der Waals surface area contributed by atoms with E-state index in [9.17, 15) is 24.8 Å². The van der Waals surface area contributed by atoms with Crippen LogP contribution in [-0.2, 0) is 11.8 Å². The third-order valence-electron chi connectivity index (χ3n) is 3.61. The maximum Gasteiger partial charge on any atom is 0.326 e. The van der Waals surface area contributed by atoms with E-state index >= 15 is 0 Å². The van der Waals surface area contributed by atoms with Crippen LogP contribution in [-0.4, -0.2) is 37.7 Å². The Morgan fingerprint density at radius 2 is 2.00 bits per heavy atom. The van der Waals surface area contributed by atoms with Crippen LogP contribution in [0, 0.1) is 10.1 Å². The number of aromatic nitrogens is 2. The molecular formula is C16H18N4O5. The molecule has 9 nitrogen and oxygen atoms in total. The molecule has 2 rings (SSSR count). The summed E-state index contributed by atoms with van der Waals surface area (Å²) in [6.45, 7) is 1.83. The van der Waals surface area contributed by atoms with Crippen molar-refractivity contribution < 1.29 is 19.6 Å². The van der Waals surface area contributed by atoms with Gasteiger partial charge in [0.2, 0.25) is 0 Å². The Morgan fingerprint density at radius 1 is 1.36 bits per heavy atom. The Labute approximate surface area is 143 Å². The number of carboxylic acid groups (broad SMARTS) is 1. The van der Waals surface area contributed by atoms with Crippen molar-refractivity contribution in [2.75, 3.05) is 0 Å². The van der Waals surface area contributed by atoms with E-state index in [1.807, 2.05) is 6.92 Å². The minimum absolute atomic E-state index is 0.0698. The molecule has 1 unspecified atom stereocenters. The molecule has 0 aliphatic heterocycles. The van der Waals surface area contributed by atoms with Crippen molar-refractivity contribution in [2.24, 2.45) is 7.05 Å². The Morgan fingerprint density at radius 3 is 2.52 bits per heavy atom. The zero-order valence-electron chi connectivity index (χ0n) is 13.8. The number of aryl methyl sites for hydroxylation is 1. The number of hydrogen-bond donors (Lipinski definition) is 2. The first kappa shape index (κ1) is 18.1. The summed E-state index contributed by atoms with van der Waals surface area (Å²) in [4.78, 5) is 33.9. The van der Waals surface area contributed by atoms with E-state index in [0.29, 0.717) is 24.1 Å². The first-order valence-corrected chi connectivity index (χ1v) is 7.65. The number of aliphatic carboxylic acids is 1. The van der Waals surface area contributed by atoms with Gasteiger partial charge in [0.1, 0.15) is 11.7 Å². The summed E-state index contributed by atoms with van der Waals surface area (Å²) in [6, 6.07) is 4.66. The average molecular weight is 346 g/mol. The average Bonchev–Trinajstić information content (AvgIpc) is 2.96. The third kappa shape index (κ3) is 4.19. The highest BCUT2D eigenvalue weighted by Crippen LogP contribution is 2.24. The van der Waals surface area contributed by atoms with Crippen LogP contribution in [0.25, 0.3) is 11.3 Å². The van der Waals surface area contributed by atoms with Crippen molar-refractivity contribution in [3.05, 3.63) is 46.1 Å². The summed E-state index contributed by atoms with van der Waals surface area (Å²) in [6.07, 6.45) is 2.41. The van der Waals surface area contributed by atoms with E-state index in [4.69, 9.17) is 0 Å². The number of nitrogens with one attached hydrogen (secondary N) is 1. The lowest BCUT2D eigenvalue weighted by Gasteiger charge is -2.13. The van der Waals surface area contributed by atoms with Gasteiger partial charge in [0, 0.05) is 30.9 Å². The fraction of sp³-hybridized carbons (Fsp3) is 0.312. The number of carbonyl (C=O) groups excluding carboxylic acids is 1. The van der Waals surface area contributed by atoms with Crippen LogP contribution in [0.5, 0.6) is 0 Å². The van der Waals surface area contributed by atoms with Crippen LogP contribution in [0.15, 0.2) is 30.5 Å². The minimum Gasteiger partial charge on any atom is -0.480 e. The molecule has 0 aliphatic carbocycles. The molecule has 1 aromatic heterocycles. The minimum atomic E-state index is -1.10. The van der Waals surface area contributed by atoms with Crippen molar-refractivity contribution >= 4 is 17.6 Å². The molecule has 0 saturated carbocycles. The van der Waals surface area contributed by atoms with Gasteiger partial charge in [-0.25, -0.2) is 4.79 Å². The maximum absolute atomic E-state index is 12.5. The lowest BCUT2D eigenvalue weighted by Crippen LogP contribution is -2.40. The number of nitrogens with zero attached hydrogens (tertiary/aromatic N) is 3. The first-order valence-electron chi connectivity index (χ1n) is 7.65. The van der Waals surface area contributed by atoms with E-state index in [1.165, 1.54) is 35.1 Å². The van der Waals surface area contributed by atoms with Crippen LogP contribution in [0.4, 0.5) is 5.69 Å². The van der Waals surface area contributed by atoms with Crippen LogP contribution in [0.3, 0.4) is 0 Å². The summed E-state index contributed by atoms with van der Waals surface area (Å²) in [5, 5.41) is 26.6. The topological polar surface area (TPSA) is 127 Å². The number of nitro groups is 1. The van der Waals surface area contributed by atoms with E-state index < -0.39 is 22.8 Å². The summed E-state index contributed by atoms with van der Waals surface area (Å²) in [5.74, 6) is -1.65. The van der Waals surface area contributed by atoms with Crippen LogP contribution in [0.1, 0.15) is 30.1 Å². The predicted octanol–water partition coefficient (Wildman–Crippen LogP) is 1.98. The normalized spacial score (nSPS) is 11.8. The smallest absolute Gasteiger partial charge is 0.326 e. The second kappa shape index (κ2) is 7.56. The number of rotatable bonds is 7. The molecule has 1 atom stereocenters. The summed E-state index contributed by atoms with van der Waals surface area (Å²) in [5.41, 5.74) is 0.993. The molecule has 0 aliphatic rings. The van der Waals surface area contributed by atoms with Gasteiger partial charge in [0.15, 0.2) is 0 Å². The lowest BCUT2D eigenvalue weighted by molar-refractivity contribution is -0.384. The van der Waals surface area contributed by atoms with Gasteiger partial charge in [0.25, 0.3) is 11.6 Å². The zero-order chi connectivity index (χ0) is 18.6. The summed E-state index contributed by atoms with van der Waals surface area (Å²) >= 11 is 0. The van der Waals surface area contributed by atoms with Crippen molar-refractivity contribution in [1.82, 2.24) is 15.1 Å². The highest BCUT2D eigenvalue weighted by molar-refractivity contribution is 6.01. The molecule has 1 heterocycles. The molecule has 25 heavy (non-hydrogen) atoms. The molecule has 132 valence electrons. The van der Waals surface area contributed by atoms with E-state index in [1.54, 1.807) is 7.05 Å². The van der Waals surface area contributed by atoms with Gasteiger partial charge in [-0.05, 0) is 18.6 Å². The predicted molar refractivity (Wildman–Crippen MR) is 89.1 cm³/mol. The number of carboxylic acids is 1. The standard InChI is InChI=1S/C16H18N4O5/c1-3-4-13(16(22)23)17-15(21)12-9-19(2)18-14(12)10-5-7-11(8-6-10)20(24)25/h5-9,13H,3-4H2,1-2H3,(H,17,21)(H,22,23). The first-order chi connectivity index (χ1) is 11.8. The van der Waals surface area contributed by atoms with Crippen molar-refractivity contribution in [2.45, 2.75) is 25.8 Å². The molecule has 0 bridgehead atoms. The zero-order valence-corrected chi connectivity index (χ0v) is 13.8. The molecule has 0 radical (unpaired) electrons. The Bertz CT molecular complexity index is 797. The highest BCUT2D eigenvalue weighted by atomic mass is 16.6. The van der Waals surface area contributed by atoms with Crippen LogP contribution >= 0.6 is 0 Å². The van der Waals surface area contributed by atoms with Crippen molar-refractivity contribution in [1.29, 1.82) is 0 Å². The SMILES string of the molecule is CCCC(NC(=O)c1cn(C)nc1-c1ccc([N+](=O)[O-])cc1)C(=O)O. The number of nitro benzene ring substituents is 1. The second-order valence-corrected chi connectivity index (χ2v) is 5.52. The fourth-order valence-corrected chi connectivity index (χ4v) is 2.39. The van der Waals surface area contributed by atoms with Crippen LogP contribution in [0.2, 0.25) is 0 Å². The molecule has 2 N–H and O–H groups in total. The third-order valence-corrected chi connectivity index (χ3v) is 3.61.